The maximum Gasteiger partial charge on any atom is 0.292 e. The van der Waals surface area contributed by atoms with Crippen LogP contribution in [0.5, 0.6) is 0 Å². The van der Waals surface area contributed by atoms with Crippen molar-refractivity contribution in [3.63, 3.8) is 0 Å². The fourth-order valence-corrected chi connectivity index (χ4v) is 2.83. The number of aromatic nitrogens is 1. The summed E-state index contributed by atoms with van der Waals surface area (Å²) in [5.41, 5.74) is 1.51. The second kappa shape index (κ2) is 9.32. The number of para-hydroxylation sites is 2. The van der Waals surface area contributed by atoms with Crippen molar-refractivity contribution in [2.45, 2.75) is 6.54 Å². The van der Waals surface area contributed by atoms with Crippen LogP contribution < -0.4 is 16.2 Å². The molecule has 0 fully saturated rings. The Morgan fingerprint density at radius 3 is 2.45 bits per heavy atom. The number of rotatable bonds is 8. The average Bonchev–Trinajstić information content (AvgIpc) is 2.73. The summed E-state index contributed by atoms with van der Waals surface area (Å²) in [6, 6.07) is 18.7. The Bertz CT molecular complexity index is 1060. The minimum absolute atomic E-state index is 0.0215. The van der Waals surface area contributed by atoms with Crippen molar-refractivity contribution in [1.29, 1.82) is 0 Å². The van der Waals surface area contributed by atoms with Gasteiger partial charge in [-0.2, -0.15) is 0 Å². The first-order valence-corrected chi connectivity index (χ1v) is 9.04. The lowest BCUT2D eigenvalue weighted by molar-refractivity contribution is -0.384. The molecule has 0 radical (unpaired) electrons. The van der Waals surface area contributed by atoms with Gasteiger partial charge in [-0.3, -0.25) is 19.7 Å². The summed E-state index contributed by atoms with van der Waals surface area (Å²) in [6.45, 7) is 0.961. The van der Waals surface area contributed by atoms with Crippen LogP contribution in [0.3, 0.4) is 0 Å². The molecule has 0 atom stereocenters. The molecule has 29 heavy (non-hydrogen) atoms. The number of hydrogen-bond acceptors (Lipinski definition) is 5. The molecule has 0 spiro atoms. The fourth-order valence-electron chi connectivity index (χ4n) is 2.83. The van der Waals surface area contributed by atoms with Gasteiger partial charge in [-0.1, -0.05) is 42.5 Å². The number of nitro groups is 1. The number of pyridine rings is 1. The van der Waals surface area contributed by atoms with E-state index >= 15 is 0 Å². The SMILES string of the molecule is O=C(NCCNc1ccccc1[N+](=O)[O-])c1ccc(=O)n(Cc2ccccc2)c1. The molecular formula is C21H20N4O4. The Morgan fingerprint density at radius 1 is 0.966 bits per heavy atom. The predicted octanol–water partition coefficient (Wildman–Crippen LogP) is 2.65. The predicted molar refractivity (Wildman–Crippen MR) is 110 cm³/mol. The van der Waals surface area contributed by atoms with Crippen LogP contribution in [0.15, 0.2) is 77.7 Å². The zero-order valence-electron chi connectivity index (χ0n) is 15.6. The molecule has 2 aromatic carbocycles. The van der Waals surface area contributed by atoms with Gasteiger partial charge >= 0.3 is 0 Å². The zero-order chi connectivity index (χ0) is 20.6. The first kappa shape index (κ1) is 19.8. The van der Waals surface area contributed by atoms with Gasteiger partial charge in [0.25, 0.3) is 17.2 Å². The maximum atomic E-state index is 12.4. The van der Waals surface area contributed by atoms with Crippen LogP contribution in [0.25, 0.3) is 0 Å². The smallest absolute Gasteiger partial charge is 0.292 e. The number of nitrogens with zero attached hydrogens (tertiary/aromatic N) is 2. The van der Waals surface area contributed by atoms with E-state index in [0.29, 0.717) is 24.3 Å². The van der Waals surface area contributed by atoms with Crippen molar-refractivity contribution in [3.8, 4) is 0 Å². The second-order valence-electron chi connectivity index (χ2n) is 6.33. The molecule has 2 N–H and O–H groups in total. The molecule has 148 valence electrons. The Balaban J connectivity index is 1.58. The lowest BCUT2D eigenvalue weighted by Crippen LogP contribution is -2.30. The lowest BCUT2D eigenvalue weighted by atomic mass is 10.2. The van der Waals surface area contributed by atoms with Crippen LogP contribution >= 0.6 is 0 Å². The number of carbonyl (C=O) groups is 1. The van der Waals surface area contributed by atoms with E-state index in [1.54, 1.807) is 18.2 Å². The van der Waals surface area contributed by atoms with Gasteiger partial charge in [0.1, 0.15) is 5.69 Å². The summed E-state index contributed by atoms with van der Waals surface area (Å²) < 4.78 is 1.48. The first-order chi connectivity index (χ1) is 14.0. The third-order valence-corrected chi connectivity index (χ3v) is 4.27. The highest BCUT2D eigenvalue weighted by Crippen LogP contribution is 2.22. The molecule has 0 unspecified atom stereocenters. The minimum atomic E-state index is -0.461. The normalized spacial score (nSPS) is 10.3. The van der Waals surface area contributed by atoms with E-state index in [1.165, 1.54) is 29.0 Å². The highest BCUT2D eigenvalue weighted by atomic mass is 16.6. The molecule has 0 aliphatic rings. The van der Waals surface area contributed by atoms with Gasteiger partial charge in [-0.15, -0.1) is 0 Å². The highest BCUT2D eigenvalue weighted by Gasteiger charge is 2.12. The summed E-state index contributed by atoms with van der Waals surface area (Å²) in [6.07, 6.45) is 1.53. The topological polar surface area (TPSA) is 106 Å². The molecule has 3 rings (SSSR count). The van der Waals surface area contributed by atoms with Crippen LogP contribution in [0.2, 0.25) is 0 Å². The maximum absolute atomic E-state index is 12.4. The molecule has 0 aliphatic heterocycles. The van der Waals surface area contributed by atoms with Gasteiger partial charge in [0.15, 0.2) is 0 Å². The molecule has 8 heteroatoms. The number of hydrogen-bond donors (Lipinski definition) is 2. The van der Waals surface area contributed by atoms with E-state index in [0.717, 1.165) is 5.56 Å². The monoisotopic (exact) mass is 392 g/mol. The van der Waals surface area contributed by atoms with Gasteiger partial charge in [-0.05, 0) is 17.7 Å². The summed E-state index contributed by atoms with van der Waals surface area (Å²) in [5.74, 6) is -0.323. The van der Waals surface area contributed by atoms with E-state index in [1.807, 2.05) is 30.3 Å². The first-order valence-electron chi connectivity index (χ1n) is 9.04. The number of nitro benzene ring substituents is 1. The van der Waals surface area contributed by atoms with Gasteiger partial charge in [0.2, 0.25) is 0 Å². The van der Waals surface area contributed by atoms with E-state index in [-0.39, 0.29) is 23.7 Å². The molecule has 1 aromatic heterocycles. The average molecular weight is 392 g/mol. The molecule has 0 bridgehead atoms. The number of anilines is 1. The molecule has 8 nitrogen and oxygen atoms in total. The quantitative estimate of drug-likeness (QED) is 0.348. The molecule has 3 aromatic rings. The standard InChI is InChI=1S/C21H20N4O4/c26-20-11-10-17(15-24(20)14-16-6-2-1-3-7-16)21(27)23-13-12-22-18-8-4-5-9-19(18)25(28)29/h1-11,15,22H,12-14H2,(H,23,27). The Kier molecular flexibility index (Phi) is 6.36. The number of benzene rings is 2. The van der Waals surface area contributed by atoms with Crippen molar-refractivity contribution in [1.82, 2.24) is 9.88 Å². The molecule has 1 amide bonds. The largest absolute Gasteiger partial charge is 0.378 e. The Morgan fingerprint density at radius 2 is 1.69 bits per heavy atom. The van der Waals surface area contributed by atoms with Crippen LogP contribution in [-0.4, -0.2) is 28.5 Å². The molecule has 0 aliphatic carbocycles. The molecular weight excluding hydrogens is 372 g/mol. The van der Waals surface area contributed by atoms with Gasteiger partial charge < -0.3 is 15.2 Å². The van der Waals surface area contributed by atoms with Crippen molar-refractivity contribution in [3.05, 3.63) is 105 Å². The van der Waals surface area contributed by atoms with Crippen LogP contribution in [0.4, 0.5) is 11.4 Å². The minimum Gasteiger partial charge on any atom is -0.378 e. The number of nitrogens with one attached hydrogen (secondary N) is 2. The summed E-state index contributed by atoms with van der Waals surface area (Å²) in [4.78, 5) is 35.0. The molecule has 1 heterocycles. The summed E-state index contributed by atoms with van der Waals surface area (Å²) in [7, 11) is 0. The van der Waals surface area contributed by atoms with E-state index in [9.17, 15) is 19.7 Å². The van der Waals surface area contributed by atoms with Crippen molar-refractivity contribution < 1.29 is 9.72 Å². The van der Waals surface area contributed by atoms with Gasteiger partial charge in [0.05, 0.1) is 17.0 Å². The summed E-state index contributed by atoms with van der Waals surface area (Å²) in [5, 5.41) is 16.7. The lowest BCUT2D eigenvalue weighted by Gasteiger charge is -2.10. The van der Waals surface area contributed by atoms with Crippen molar-refractivity contribution in [2.24, 2.45) is 0 Å². The van der Waals surface area contributed by atoms with Crippen molar-refractivity contribution >= 4 is 17.3 Å². The van der Waals surface area contributed by atoms with Crippen LogP contribution in [0, 0.1) is 10.1 Å². The van der Waals surface area contributed by atoms with E-state index in [4.69, 9.17) is 0 Å². The Hall–Kier alpha value is -3.94. The van der Waals surface area contributed by atoms with Crippen molar-refractivity contribution in [2.75, 3.05) is 18.4 Å². The number of amides is 1. The van der Waals surface area contributed by atoms with E-state index < -0.39 is 4.92 Å². The van der Waals surface area contributed by atoms with Gasteiger partial charge in [0, 0.05) is 31.4 Å². The number of carbonyl (C=O) groups excluding carboxylic acids is 1. The van der Waals surface area contributed by atoms with Crippen LogP contribution in [0.1, 0.15) is 15.9 Å². The fraction of sp³-hybridized carbons (Fsp3) is 0.143. The van der Waals surface area contributed by atoms with E-state index in [2.05, 4.69) is 10.6 Å². The van der Waals surface area contributed by atoms with Crippen LogP contribution in [-0.2, 0) is 6.54 Å². The summed E-state index contributed by atoms with van der Waals surface area (Å²) >= 11 is 0. The highest BCUT2D eigenvalue weighted by molar-refractivity contribution is 5.93. The molecule has 0 saturated heterocycles. The Labute approximate surface area is 167 Å². The third kappa shape index (κ3) is 5.29. The van der Waals surface area contributed by atoms with Gasteiger partial charge in [-0.25, -0.2) is 0 Å². The second-order valence-corrected chi connectivity index (χ2v) is 6.33. The molecule has 0 saturated carbocycles. The zero-order valence-corrected chi connectivity index (χ0v) is 15.6. The third-order valence-electron chi connectivity index (χ3n) is 4.27.